The zero-order chi connectivity index (χ0) is 18.6. The van der Waals surface area contributed by atoms with Crippen LogP contribution in [0, 0.1) is 5.82 Å². The van der Waals surface area contributed by atoms with Gasteiger partial charge in [0.15, 0.2) is 0 Å². The molecule has 0 saturated heterocycles. The zero-order valence-corrected chi connectivity index (χ0v) is 14.6. The van der Waals surface area contributed by atoms with Gasteiger partial charge in [-0.15, -0.1) is 0 Å². The molecule has 0 amide bonds. The van der Waals surface area contributed by atoms with E-state index in [1.165, 1.54) is 6.07 Å². The van der Waals surface area contributed by atoms with Gasteiger partial charge in [0.2, 0.25) is 5.95 Å². The van der Waals surface area contributed by atoms with Crippen molar-refractivity contribution in [2.45, 2.75) is 6.54 Å². The summed E-state index contributed by atoms with van der Waals surface area (Å²) in [6.07, 6.45) is 1.60. The van der Waals surface area contributed by atoms with Crippen LogP contribution in [0.5, 0.6) is 5.75 Å². The molecule has 0 radical (unpaired) electrons. The molecule has 0 bridgehead atoms. The molecule has 0 aliphatic heterocycles. The Balaban J connectivity index is 1.68. The Morgan fingerprint density at radius 3 is 2.63 bits per heavy atom. The minimum Gasteiger partial charge on any atom is -0.497 e. The van der Waals surface area contributed by atoms with Crippen molar-refractivity contribution in [2.75, 3.05) is 17.7 Å². The largest absolute Gasteiger partial charge is 0.497 e. The smallest absolute Gasteiger partial charge is 0.229 e. The van der Waals surface area contributed by atoms with Gasteiger partial charge in [0, 0.05) is 11.1 Å². The van der Waals surface area contributed by atoms with Crippen LogP contribution < -0.4 is 15.4 Å². The second-order valence-corrected chi connectivity index (χ2v) is 5.82. The molecule has 2 aromatic carbocycles. The van der Waals surface area contributed by atoms with Crippen LogP contribution in [-0.4, -0.2) is 17.1 Å². The molecule has 2 heterocycles. The maximum Gasteiger partial charge on any atom is 0.229 e. The SMILES string of the molecule is COc1ccc(Nc2nc(NCc3ccco3)c3cccc(F)c3n2)cc1. The third-order valence-electron chi connectivity index (χ3n) is 4.03. The molecule has 2 aromatic heterocycles. The summed E-state index contributed by atoms with van der Waals surface area (Å²) in [5.41, 5.74) is 1.01. The normalized spacial score (nSPS) is 10.7. The summed E-state index contributed by atoms with van der Waals surface area (Å²) >= 11 is 0. The molecule has 27 heavy (non-hydrogen) atoms. The van der Waals surface area contributed by atoms with Crippen LogP contribution in [0.2, 0.25) is 0 Å². The molecule has 0 unspecified atom stereocenters. The number of nitrogens with one attached hydrogen (secondary N) is 2. The van der Waals surface area contributed by atoms with E-state index < -0.39 is 5.82 Å². The van der Waals surface area contributed by atoms with E-state index in [4.69, 9.17) is 9.15 Å². The van der Waals surface area contributed by atoms with E-state index in [-0.39, 0.29) is 5.52 Å². The fourth-order valence-corrected chi connectivity index (χ4v) is 2.70. The highest BCUT2D eigenvalue weighted by atomic mass is 19.1. The van der Waals surface area contributed by atoms with Crippen LogP contribution in [-0.2, 0) is 6.54 Å². The first-order valence-corrected chi connectivity index (χ1v) is 8.36. The lowest BCUT2D eigenvalue weighted by Gasteiger charge is -2.12. The highest BCUT2D eigenvalue weighted by Crippen LogP contribution is 2.26. The second kappa shape index (κ2) is 7.33. The number of anilines is 3. The van der Waals surface area contributed by atoms with E-state index in [1.54, 1.807) is 25.5 Å². The fraction of sp³-hybridized carbons (Fsp3) is 0.100. The quantitative estimate of drug-likeness (QED) is 0.515. The number of ether oxygens (including phenoxy) is 1. The second-order valence-electron chi connectivity index (χ2n) is 5.82. The van der Waals surface area contributed by atoms with Crippen molar-refractivity contribution in [2.24, 2.45) is 0 Å². The van der Waals surface area contributed by atoms with Gasteiger partial charge in [0.1, 0.15) is 28.7 Å². The van der Waals surface area contributed by atoms with Crippen molar-refractivity contribution < 1.29 is 13.5 Å². The van der Waals surface area contributed by atoms with Crippen molar-refractivity contribution >= 4 is 28.4 Å². The van der Waals surface area contributed by atoms with E-state index in [9.17, 15) is 4.39 Å². The highest BCUT2D eigenvalue weighted by molar-refractivity contribution is 5.90. The molecule has 7 heteroatoms. The minimum atomic E-state index is -0.409. The number of para-hydroxylation sites is 1. The number of methoxy groups -OCH3 is 1. The summed E-state index contributed by atoms with van der Waals surface area (Å²) < 4.78 is 24.8. The van der Waals surface area contributed by atoms with Crippen LogP contribution in [0.1, 0.15) is 5.76 Å². The molecule has 0 spiro atoms. The van der Waals surface area contributed by atoms with Gasteiger partial charge in [-0.2, -0.15) is 4.98 Å². The average Bonchev–Trinajstić information content (AvgIpc) is 3.21. The highest BCUT2D eigenvalue weighted by Gasteiger charge is 2.12. The number of halogens is 1. The lowest BCUT2D eigenvalue weighted by molar-refractivity contribution is 0.415. The monoisotopic (exact) mass is 364 g/mol. The van der Waals surface area contributed by atoms with E-state index in [1.807, 2.05) is 36.4 Å². The number of aromatic nitrogens is 2. The standard InChI is InChI=1S/C20H17FN4O2/c1-26-14-9-7-13(8-10-14)23-20-24-18-16(5-2-6-17(18)21)19(25-20)22-12-15-4-3-11-27-15/h2-11H,12H2,1H3,(H2,22,23,24,25). The van der Waals surface area contributed by atoms with Crippen molar-refractivity contribution in [1.82, 2.24) is 9.97 Å². The van der Waals surface area contributed by atoms with Crippen LogP contribution in [0.4, 0.5) is 21.8 Å². The van der Waals surface area contributed by atoms with E-state index in [0.29, 0.717) is 23.7 Å². The summed E-state index contributed by atoms with van der Waals surface area (Å²) in [6.45, 7) is 0.428. The predicted octanol–water partition coefficient (Wildman–Crippen LogP) is 4.73. The Morgan fingerprint density at radius 2 is 1.89 bits per heavy atom. The molecule has 0 fully saturated rings. The number of nitrogens with zero attached hydrogens (tertiary/aromatic N) is 2. The van der Waals surface area contributed by atoms with E-state index in [2.05, 4.69) is 20.6 Å². The van der Waals surface area contributed by atoms with Gasteiger partial charge in [-0.25, -0.2) is 9.37 Å². The Morgan fingerprint density at radius 1 is 1.04 bits per heavy atom. The zero-order valence-electron chi connectivity index (χ0n) is 14.6. The first kappa shape index (κ1) is 16.8. The molecule has 136 valence electrons. The van der Waals surface area contributed by atoms with Gasteiger partial charge in [0.05, 0.1) is 19.9 Å². The van der Waals surface area contributed by atoms with Crippen molar-refractivity contribution in [1.29, 1.82) is 0 Å². The lowest BCUT2D eigenvalue weighted by Crippen LogP contribution is -2.06. The molecule has 4 rings (SSSR count). The van der Waals surface area contributed by atoms with Gasteiger partial charge in [0.25, 0.3) is 0 Å². The minimum absolute atomic E-state index is 0.241. The molecule has 0 aliphatic carbocycles. The molecule has 6 nitrogen and oxygen atoms in total. The summed E-state index contributed by atoms with van der Waals surface area (Å²) in [6, 6.07) is 15.8. The summed E-state index contributed by atoms with van der Waals surface area (Å²) in [5, 5.41) is 6.89. The van der Waals surface area contributed by atoms with E-state index >= 15 is 0 Å². The van der Waals surface area contributed by atoms with Crippen molar-refractivity contribution in [3.05, 3.63) is 72.4 Å². The van der Waals surface area contributed by atoms with E-state index in [0.717, 1.165) is 17.2 Å². The van der Waals surface area contributed by atoms with Gasteiger partial charge in [-0.1, -0.05) is 6.07 Å². The van der Waals surface area contributed by atoms with Gasteiger partial charge in [-0.05, 0) is 48.5 Å². The molecule has 0 saturated carbocycles. The lowest BCUT2D eigenvalue weighted by atomic mass is 10.2. The fourth-order valence-electron chi connectivity index (χ4n) is 2.70. The van der Waals surface area contributed by atoms with Crippen LogP contribution in [0.25, 0.3) is 10.9 Å². The number of rotatable bonds is 6. The van der Waals surface area contributed by atoms with Crippen LogP contribution >= 0.6 is 0 Å². The molecule has 0 atom stereocenters. The Labute approximate surface area is 155 Å². The maximum absolute atomic E-state index is 14.3. The summed E-state index contributed by atoms with van der Waals surface area (Å²) in [7, 11) is 1.61. The molecule has 4 aromatic rings. The third kappa shape index (κ3) is 3.67. The Hall–Kier alpha value is -3.61. The number of benzene rings is 2. The predicted molar refractivity (Wildman–Crippen MR) is 102 cm³/mol. The summed E-state index contributed by atoms with van der Waals surface area (Å²) in [5.74, 6) is 1.90. The van der Waals surface area contributed by atoms with Gasteiger partial charge < -0.3 is 19.8 Å². The number of furan rings is 1. The molecular formula is C20H17FN4O2. The van der Waals surface area contributed by atoms with Gasteiger partial charge in [-0.3, -0.25) is 0 Å². The Bertz CT molecular complexity index is 1050. The first-order valence-electron chi connectivity index (χ1n) is 8.36. The van der Waals surface area contributed by atoms with Crippen LogP contribution in [0.15, 0.2) is 65.3 Å². The maximum atomic E-state index is 14.3. The molecule has 0 aliphatic rings. The first-order chi connectivity index (χ1) is 13.2. The van der Waals surface area contributed by atoms with Crippen molar-refractivity contribution in [3.8, 4) is 5.75 Å². The number of fused-ring (bicyclic) bond motifs is 1. The average molecular weight is 364 g/mol. The number of hydrogen-bond donors (Lipinski definition) is 2. The summed E-state index contributed by atoms with van der Waals surface area (Å²) in [4.78, 5) is 8.83. The van der Waals surface area contributed by atoms with Crippen molar-refractivity contribution in [3.63, 3.8) is 0 Å². The Kier molecular flexibility index (Phi) is 4.57. The van der Waals surface area contributed by atoms with Crippen LogP contribution in [0.3, 0.4) is 0 Å². The van der Waals surface area contributed by atoms with Gasteiger partial charge >= 0.3 is 0 Å². The molecule has 2 N–H and O–H groups in total. The number of hydrogen-bond acceptors (Lipinski definition) is 6. The third-order valence-corrected chi connectivity index (χ3v) is 4.03. The topological polar surface area (TPSA) is 72.2 Å². The molecular weight excluding hydrogens is 347 g/mol.